The van der Waals surface area contributed by atoms with Crippen LogP contribution < -0.4 is 14.5 Å². The summed E-state index contributed by atoms with van der Waals surface area (Å²) in [6.07, 6.45) is 5.00. The van der Waals surface area contributed by atoms with Gasteiger partial charge in [-0.25, -0.2) is 19.7 Å². The van der Waals surface area contributed by atoms with Gasteiger partial charge >= 0.3 is 12.0 Å². The Morgan fingerprint density at radius 2 is 1.82 bits per heavy atom. The van der Waals surface area contributed by atoms with Crippen LogP contribution in [0.25, 0.3) is 21.3 Å². The van der Waals surface area contributed by atoms with Crippen molar-refractivity contribution in [2.75, 3.05) is 63.5 Å². The Kier molecular flexibility index (Phi) is 7.59. The molecule has 5 rings (SSSR count). The molecule has 0 bridgehead atoms. The summed E-state index contributed by atoms with van der Waals surface area (Å²) in [5.41, 5.74) is 2.02. The van der Waals surface area contributed by atoms with E-state index in [0.717, 1.165) is 21.3 Å². The molecule has 0 saturated carbocycles. The molecule has 0 atom stereocenters. The molecule has 2 amide bonds. The number of esters is 1. The van der Waals surface area contributed by atoms with E-state index in [0.29, 0.717) is 69.2 Å². The normalized spacial score (nSPS) is 18.1. The van der Waals surface area contributed by atoms with Crippen LogP contribution in [0.1, 0.15) is 33.6 Å². The van der Waals surface area contributed by atoms with E-state index in [1.54, 1.807) is 29.3 Å². The minimum Gasteiger partial charge on any atom is -0.495 e. The highest BCUT2D eigenvalue weighted by molar-refractivity contribution is 7.22. The number of urea groups is 1. The summed E-state index contributed by atoms with van der Waals surface area (Å²) < 4.78 is 11.9. The van der Waals surface area contributed by atoms with Gasteiger partial charge in [-0.15, -0.1) is 0 Å². The summed E-state index contributed by atoms with van der Waals surface area (Å²) in [6.45, 7) is 9.27. The van der Waals surface area contributed by atoms with E-state index in [1.165, 1.54) is 11.3 Å². The molecule has 12 heteroatoms. The number of anilines is 2. The zero-order valence-electron chi connectivity index (χ0n) is 23.1. The first-order valence-corrected chi connectivity index (χ1v) is 14.1. The van der Waals surface area contributed by atoms with Crippen LogP contribution in [0.3, 0.4) is 0 Å². The van der Waals surface area contributed by atoms with E-state index >= 15 is 0 Å². The maximum Gasteiger partial charge on any atom is 0.328 e. The first-order chi connectivity index (χ1) is 18.8. The Labute approximate surface area is 232 Å². The monoisotopic (exact) mass is 553 g/mol. The molecule has 2 fully saturated rings. The molecule has 208 valence electrons. The number of aromatic nitrogens is 3. The first kappa shape index (κ1) is 27.1. The fraction of sp³-hybridized carbons (Fsp3) is 0.519. The fourth-order valence-corrected chi connectivity index (χ4v) is 6.04. The van der Waals surface area contributed by atoms with Crippen LogP contribution in [0, 0.1) is 5.41 Å². The molecule has 3 aromatic rings. The van der Waals surface area contributed by atoms with Crippen LogP contribution in [0.5, 0.6) is 5.75 Å². The van der Waals surface area contributed by atoms with E-state index in [2.05, 4.69) is 19.8 Å². The maximum atomic E-state index is 13.0. The molecule has 0 spiro atoms. The van der Waals surface area contributed by atoms with Gasteiger partial charge in [0.2, 0.25) is 5.95 Å². The average Bonchev–Trinajstić information content (AvgIpc) is 3.38. The zero-order chi connectivity index (χ0) is 27.7. The molecular weight excluding hydrogens is 518 g/mol. The molecule has 0 unspecified atom stereocenters. The lowest BCUT2D eigenvalue weighted by Crippen LogP contribution is -2.56. The van der Waals surface area contributed by atoms with Gasteiger partial charge in [0.05, 0.1) is 42.7 Å². The third-order valence-electron chi connectivity index (χ3n) is 7.46. The lowest BCUT2D eigenvalue weighted by Gasteiger charge is -2.38. The first-order valence-electron chi connectivity index (χ1n) is 13.2. The van der Waals surface area contributed by atoms with Gasteiger partial charge in [0, 0.05) is 37.6 Å². The average molecular weight is 554 g/mol. The van der Waals surface area contributed by atoms with Crippen LogP contribution in [0.2, 0.25) is 0 Å². The van der Waals surface area contributed by atoms with Crippen molar-refractivity contribution in [1.82, 2.24) is 24.8 Å². The highest BCUT2D eigenvalue weighted by Crippen LogP contribution is 2.40. The second-order valence-electron chi connectivity index (χ2n) is 10.3. The zero-order valence-corrected chi connectivity index (χ0v) is 24.0. The van der Waals surface area contributed by atoms with Crippen molar-refractivity contribution in [2.45, 2.75) is 33.6 Å². The number of piperidine rings is 1. The minimum absolute atomic E-state index is 0.0434. The Morgan fingerprint density at radius 1 is 1.10 bits per heavy atom. The van der Waals surface area contributed by atoms with Crippen molar-refractivity contribution in [2.24, 2.45) is 5.41 Å². The van der Waals surface area contributed by atoms with E-state index < -0.39 is 5.41 Å². The number of ether oxygens (including phenoxy) is 2. The summed E-state index contributed by atoms with van der Waals surface area (Å²) in [4.78, 5) is 47.1. The number of nitrogens with zero attached hydrogens (tertiary/aromatic N) is 7. The predicted octanol–water partition coefficient (Wildman–Crippen LogP) is 4.04. The molecule has 0 N–H and O–H groups in total. The lowest BCUT2D eigenvalue weighted by atomic mass is 9.80. The molecule has 2 aromatic heterocycles. The number of hydrogen-bond donors (Lipinski definition) is 0. The third-order valence-corrected chi connectivity index (χ3v) is 8.57. The number of amides is 2. The van der Waals surface area contributed by atoms with Gasteiger partial charge in [-0.1, -0.05) is 11.3 Å². The fourth-order valence-electron chi connectivity index (χ4n) is 5.01. The van der Waals surface area contributed by atoms with Crippen LogP contribution in [-0.4, -0.2) is 90.5 Å². The number of methoxy groups -OCH3 is 1. The highest BCUT2D eigenvalue weighted by Gasteiger charge is 2.38. The summed E-state index contributed by atoms with van der Waals surface area (Å²) in [6, 6.07) is 3.90. The minimum atomic E-state index is -0.464. The molecule has 4 heterocycles. The Balaban J connectivity index is 1.36. The molecule has 2 saturated heterocycles. The maximum absolute atomic E-state index is 13.0. The van der Waals surface area contributed by atoms with Gasteiger partial charge in [0.1, 0.15) is 5.75 Å². The smallest absolute Gasteiger partial charge is 0.328 e. The summed E-state index contributed by atoms with van der Waals surface area (Å²) in [5, 5.41) is 0.641. The molecule has 39 heavy (non-hydrogen) atoms. The highest BCUT2D eigenvalue weighted by atomic mass is 32.1. The van der Waals surface area contributed by atoms with Crippen molar-refractivity contribution in [3.8, 4) is 16.9 Å². The van der Waals surface area contributed by atoms with Gasteiger partial charge in [-0.2, -0.15) is 0 Å². The van der Waals surface area contributed by atoms with E-state index in [4.69, 9.17) is 14.5 Å². The van der Waals surface area contributed by atoms with Crippen LogP contribution >= 0.6 is 11.3 Å². The van der Waals surface area contributed by atoms with E-state index in [9.17, 15) is 9.59 Å². The van der Waals surface area contributed by atoms with Gasteiger partial charge in [0.25, 0.3) is 0 Å². The van der Waals surface area contributed by atoms with Crippen LogP contribution in [0.4, 0.5) is 15.9 Å². The lowest BCUT2D eigenvalue weighted by molar-refractivity contribution is -0.155. The number of fused-ring (bicyclic) bond motifs is 1. The van der Waals surface area contributed by atoms with E-state index in [1.807, 2.05) is 40.0 Å². The van der Waals surface area contributed by atoms with Gasteiger partial charge < -0.3 is 19.3 Å². The quantitative estimate of drug-likeness (QED) is 0.401. The van der Waals surface area contributed by atoms with Crippen molar-refractivity contribution in [3.05, 3.63) is 24.5 Å². The third kappa shape index (κ3) is 5.22. The number of carbonyl (C=O) groups is 2. The molecule has 2 aliphatic rings. The Morgan fingerprint density at radius 3 is 2.46 bits per heavy atom. The second-order valence-corrected chi connectivity index (χ2v) is 11.2. The molecular formula is C27H35N7O4S. The van der Waals surface area contributed by atoms with Crippen LogP contribution in [0.15, 0.2) is 24.5 Å². The van der Waals surface area contributed by atoms with Gasteiger partial charge in [-0.05, 0) is 58.4 Å². The molecule has 1 aromatic carbocycles. The van der Waals surface area contributed by atoms with E-state index in [-0.39, 0.29) is 12.0 Å². The summed E-state index contributed by atoms with van der Waals surface area (Å²) in [7, 11) is 3.62. The largest absolute Gasteiger partial charge is 0.495 e. The van der Waals surface area contributed by atoms with Crippen molar-refractivity contribution in [1.29, 1.82) is 0 Å². The molecule has 11 nitrogen and oxygen atoms in total. The SMILES string of the molecule is CCOC(=O)C1(C)CCN(c2ncc(-c3cc(OC)c4sc(N5CN(C)CN(CC)C5=O)nc4c3)cn2)CC1. The van der Waals surface area contributed by atoms with Crippen molar-refractivity contribution >= 4 is 44.6 Å². The van der Waals surface area contributed by atoms with Crippen molar-refractivity contribution in [3.63, 3.8) is 0 Å². The number of benzene rings is 1. The Bertz CT molecular complexity index is 1350. The van der Waals surface area contributed by atoms with Gasteiger partial charge in [0.15, 0.2) is 5.13 Å². The number of rotatable bonds is 7. The standard InChI is InChI=1S/C27H35N7O4S/c1-6-32-16-31(4)17-34(26(32)36)25-30-20-12-18(13-21(37-5)22(20)39-25)19-14-28-24(29-15-19)33-10-8-27(3,9-11-33)23(35)38-7-2/h12-15H,6-11,16-17H2,1-5H3. The molecule has 2 aliphatic heterocycles. The second kappa shape index (κ2) is 10.9. The summed E-state index contributed by atoms with van der Waals surface area (Å²) in [5.74, 6) is 1.20. The number of carbonyl (C=O) groups excluding carboxylic acids is 2. The number of thiazole rings is 1. The molecule has 0 radical (unpaired) electrons. The van der Waals surface area contributed by atoms with Crippen molar-refractivity contribution < 1.29 is 19.1 Å². The Hall–Kier alpha value is -3.51. The number of hydrogen-bond acceptors (Lipinski definition) is 10. The predicted molar refractivity (Wildman–Crippen MR) is 151 cm³/mol. The summed E-state index contributed by atoms with van der Waals surface area (Å²) >= 11 is 1.45. The van der Waals surface area contributed by atoms with Crippen LogP contribution in [-0.2, 0) is 9.53 Å². The van der Waals surface area contributed by atoms with Gasteiger partial charge in [-0.3, -0.25) is 14.6 Å². The molecule has 0 aliphatic carbocycles. The topological polar surface area (TPSA) is 104 Å².